The molecule has 2 fully saturated rings. The Morgan fingerprint density at radius 2 is 2.00 bits per heavy atom. The van der Waals surface area contributed by atoms with E-state index in [1.54, 1.807) is 0 Å². The van der Waals surface area contributed by atoms with Crippen LogP contribution in [0, 0.1) is 5.92 Å². The van der Waals surface area contributed by atoms with E-state index in [0.717, 1.165) is 31.8 Å². The number of rotatable bonds is 6. The molecule has 1 aromatic carbocycles. The number of likely N-dealkylation sites (tertiary alicyclic amines) is 2. The van der Waals surface area contributed by atoms with Gasteiger partial charge in [-0.2, -0.15) is 0 Å². The molecule has 0 aliphatic carbocycles. The minimum Gasteiger partial charge on any atom is -0.493 e. The van der Waals surface area contributed by atoms with Gasteiger partial charge in [0.25, 0.3) is 0 Å². The molecule has 0 unspecified atom stereocenters. The third-order valence-corrected chi connectivity index (χ3v) is 6.66. The second-order valence-corrected chi connectivity index (χ2v) is 8.59. The average molecular weight is 385 g/mol. The highest BCUT2D eigenvalue weighted by Gasteiger charge is 2.37. The summed E-state index contributed by atoms with van der Waals surface area (Å²) < 4.78 is 5.70. The molecule has 2 saturated heterocycles. The van der Waals surface area contributed by atoms with Gasteiger partial charge >= 0.3 is 0 Å². The van der Waals surface area contributed by atoms with Gasteiger partial charge in [0, 0.05) is 30.6 Å². The second kappa shape index (κ2) is 8.89. The molecule has 0 radical (unpaired) electrons. The highest BCUT2D eigenvalue weighted by molar-refractivity contribution is 7.09. The molecule has 1 amide bonds. The highest BCUT2D eigenvalue weighted by Crippen LogP contribution is 2.32. The molecule has 144 valence electrons. The fourth-order valence-electron chi connectivity index (χ4n) is 4.46. The van der Waals surface area contributed by atoms with Crippen molar-refractivity contribution in [2.45, 2.75) is 38.3 Å². The highest BCUT2D eigenvalue weighted by atomic mass is 32.1. The van der Waals surface area contributed by atoms with Crippen LogP contribution in [0.2, 0.25) is 0 Å². The van der Waals surface area contributed by atoms with Crippen molar-refractivity contribution in [3.8, 4) is 5.75 Å². The molecule has 2 aromatic rings. The quantitative estimate of drug-likeness (QED) is 0.754. The van der Waals surface area contributed by atoms with Crippen molar-refractivity contribution in [1.82, 2.24) is 9.80 Å². The Morgan fingerprint density at radius 3 is 2.81 bits per heavy atom. The van der Waals surface area contributed by atoms with Crippen LogP contribution in [0.3, 0.4) is 0 Å². The van der Waals surface area contributed by atoms with E-state index >= 15 is 0 Å². The SMILES string of the molecule is O=C(CCOc1ccccc1)N1CC[C@@H]2[C@@H](CCCN2Cc2cccs2)C1. The summed E-state index contributed by atoms with van der Waals surface area (Å²) in [6.45, 7) is 4.51. The van der Waals surface area contributed by atoms with Crippen molar-refractivity contribution in [2.75, 3.05) is 26.2 Å². The Bertz CT molecular complexity index is 719. The molecule has 4 nitrogen and oxygen atoms in total. The van der Waals surface area contributed by atoms with Crippen LogP contribution in [0.25, 0.3) is 0 Å². The molecule has 3 heterocycles. The van der Waals surface area contributed by atoms with Crippen LogP contribution >= 0.6 is 11.3 Å². The molecule has 1 aromatic heterocycles. The van der Waals surface area contributed by atoms with Crippen molar-refractivity contribution in [2.24, 2.45) is 5.92 Å². The number of piperidine rings is 2. The Kier molecular flexibility index (Phi) is 6.10. The largest absolute Gasteiger partial charge is 0.493 e. The zero-order valence-corrected chi connectivity index (χ0v) is 16.6. The molecule has 0 N–H and O–H groups in total. The van der Waals surface area contributed by atoms with Crippen LogP contribution in [-0.4, -0.2) is 48.0 Å². The number of para-hydroxylation sites is 1. The first-order valence-electron chi connectivity index (χ1n) is 10.0. The van der Waals surface area contributed by atoms with Crippen molar-refractivity contribution in [1.29, 1.82) is 0 Å². The third-order valence-electron chi connectivity index (χ3n) is 5.80. The van der Waals surface area contributed by atoms with Gasteiger partial charge in [-0.1, -0.05) is 24.3 Å². The summed E-state index contributed by atoms with van der Waals surface area (Å²) >= 11 is 1.85. The van der Waals surface area contributed by atoms with Gasteiger partial charge in [-0.3, -0.25) is 9.69 Å². The Morgan fingerprint density at radius 1 is 1.11 bits per heavy atom. The van der Waals surface area contributed by atoms with Crippen LogP contribution < -0.4 is 4.74 Å². The number of benzene rings is 1. The summed E-state index contributed by atoms with van der Waals surface area (Å²) in [6, 6.07) is 14.7. The van der Waals surface area contributed by atoms with E-state index in [1.165, 1.54) is 24.3 Å². The van der Waals surface area contributed by atoms with E-state index in [4.69, 9.17) is 4.74 Å². The van der Waals surface area contributed by atoms with Gasteiger partial charge < -0.3 is 9.64 Å². The minimum atomic E-state index is 0.236. The van der Waals surface area contributed by atoms with E-state index in [9.17, 15) is 4.79 Å². The molecule has 0 saturated carbocycles. The maximum absolute atomic E-state index is 12.6. The van der Waals surface area contributed by atoms with Gasteiger partial charge in [0.05, 0.1) is 13.0 Å². The first kappa shape index (κ1) is 18.5. The van der Waals surface area contributed by atoms with Crippen molar-refractivity contribution < 1.29 is 9.53 Å². The lowest BCUT2D eigenvalue weighted by Crippen LogP contribution is -2.54. The number of thiophene rings is 1. The molecule has 0 bridgehead atoms. The maximum atomic E-state index is 12.6. The zero-order valence-electron chi connectivity index (χ0n) is 15.8. The van der Waals surface area contributed by atoms with E-state index < -0.39 is 0 Å². The van der Waals surface area contributed by atoms with Crippen molar-refractivity contribution >= 4 is 17.2 Å². The molecule has 2 aliphatic heterocycles. The summed E-state index contributed by atoms with van der Waals surface area (Å²) in [5.41, 5.74) is 0. The summed E-state index contributed by atoms with van der Waals surface area (Å²) in [5.74, 6) is 1.69. The lowest BCUT2D eigenvalue weighted by molar-refractivity contribution is -0.135. The van der Waals surface area contributed by atoms with E-state index in [1.807, 2.05) is 41.7 Å². The number of carbonyl (C=O) groups is 1. The van der Waals surface area contributed by atoms with Gasteiger partial charge in [0.15, 0.2) is 0 Å². The Labute approximate surface area is 165 Å². The fourth-order valence-corrected chi connectivity index (χ4v) is 5.19. The summed E-state index contributed by atoms with van der Waals surface area (Å²) in [7, 11) is 0. The summed E-state index contributed by atoms with van der Waals surface area (Å²) in [6.07, 6.45) is 4.05. The van der Waals surface area contributed by atoms with Gasteiger partial charge in [0.2, 0.25) is 5.91 Å². The number of amides is 1. The van der Waals surface area contributed by atoms with Gasteiger partial charge in [-0.15, -0.1) is 11.3 Å². The van der Waals surface area contributed by atoms with Gasteiger partial charge in [-0.05, 0) is 55.3 Å². The average Bonchev–Trinajstić information content (AvgIpc) is 3.22. The Hall–Kier alpha value is -1.85. The number of nitrogens with zero attached hydrogens (tertiary/aromatic N) is 2. The predicted molar refractivity (Wildman–Crippen MR) is 109 cm³/mol. The monoisotopic (exact) mass is 384 g/mol. The third kappa shape index (κ3) is 4.71. The molecular weight excluding hydrogens is 356 g/mol. The molecule has 2 atom stereocenters. The van der Waals surface area contributed by atoms with Crippen LogP contribution in [0.15, 0.2) is 47.8 Å². The van der Waals surface area contributed by atoms with Crippen LogP contribution in [0.5, 0.6) is 5.75 Å². The van der Waals surface area contributed by atoms with Crippen LogP contribution in [0.1, 0.15) is 30.6 Å². The van der Waals surface area contributed by atoms with Gasteiger partial charge in [0.1, 0.15) is 5.75 Å². The van der Waals surface area contributed by atoms with Crippen LogP contribution in [-0.2, 0) is 11.3 Å². The molecule has 5 heteroatoms. The first-order chi connectivity index (χ1) is 13.3. The lowest BCUT2D eigenvalue weighted by Gasteiger charge is -2.47. The number of hydrogen-bond acceptors (Lipinski definition) is 4. The second-order valence-electron chi connectivity index (χ2n) is 7.56. The number of ether oxygens (including phenoxy) is 1. The zero-order chi connectivity index (χ0) is 18.5. The van der Waals surface area contributed by atoms with Crippen molar-refractivity contribution in [3.05, 3.63) is 52.7 Å². The van der Waals surface area contributed by atoms with Gasteiger partial charge in [-0.25, -0.2) is 0 Å². The van der Waals surface area contributed by atoms with E-state index in [-0.39, 0.29) is 5.91 Å². The minimum absolute atomic E-state index is 0.236. The normalized spacial score (nSPS) is 23.0. The maximum Gasteiger partial charge on any atom is 0.226 e. The molecule has 4 rings (SSSR count). The van der Waals surface area contributed by atoms with E-state index in [0.29, 0.717) is 25.0 Å². The summed E-state index contributed by atoms with van der Waals surface area (Å²) in [5, 5.41) is 2.16. The predicted octanol–water partition coefficient (Wildman–Crippen LogP) is 4.03. The smallest absolute Gasteiger partial charge is 0.226 e. The number of hydrogen-bond donors (Lipinski definition) is 0. The molecule has 2 aliphatic rings. The summed E-state index contributed by atoms with van der Waals surface area (Å²) in [4.78, 5) is 18.8. The first-order valence-corrected chi connectivity index (χ1v) is 10.9. The molecule has 0 spiro atoms. The number of fused-ring (bicyclic) bond motifs is 1. The topological polar surface area (TPSA) is 32.8 Å². The standard InChI is InChI=1S/C22H28N2O2S/c25-22(11-14-26-19-7-2-1-3-8-19)24-13-10-21-18(16-24)6-4-12-23(21)17-20-9-5-15-27-20/h1-3,5,7-9,15,18,21H,4,6,10-14,16-17H2/t18-,21+/m0/s1. The molecular formula is C22H28N2O2S. The van der Waals surface area contributed by atoms with E-state index in [2.05, 4.69) is 27.3 Å². The number of carbonyl (C=O) groups excluding carboxylic acids is 1. The fraction of sp³-hybridized carbons (Fsp3) is 0.500. The van der Waals surface area contributed by atoms with Crippen molar-refractivity contribution in [3.63, 3.8) is 0 Å². The van der Waals surface area contributed by atoms with Crippen LogP contribution in [0.4, 0.5) is 0 Å². The molecule has 27 heavy (non-hydrogen) atoms. The Balaban J connectivity index is 1.26. The lowest BCUT2D eigenvalue weighted by atomic mass is 9.83.